The van der Waals surface area contributed by atoms with E-state index < -0.39 is 6.10 Å². The van der Waals surface area contributed by atoms with Gasteiger partial charge < -0.3 is 5.11 Å². The van der Waals surface area contributed by atoms with Gasteiger partial charge in [-0.1, -0.05) is 6.92 Å². The van der Waals surface area contributed by atoms with Gasteiger partial charge >= 0.3 is 0 Å². The molecule has 0 aliphatic rings. The Morgan fingerprint density at radius 1 is 1.39 bits per heavy atom. The minimum absolute atomic E-state index is 0.530. The standard InChI is InChI=1S/C13H20N4O/c1-4-11-7-12(16(3)15-11)13(18)6-10-8-14-17(5-2)9-10/h7-9,13,18H,4-6H2,1-3H3. The van der Waals surface area contributed by atoms with Crippen LogP contribution in [0.4, 0.5) is 0 Å². The summed E-state index contributed by atoms with van der Waals surface area (Å²) < 4.78 is 3.62. The highest BCUT2D eigenvalue weighted by Crippen LogP contribution is 2.18. The first-order valence-electron chi connectivity index (χ1n) is 6.36. The van der Waals surface area contributed by atoms with Gasteiger partial charge in [0.05, 0.1) is 23.7 Å². The van der Waals surface area contributed by atoms with Crippen LogP contribution in [0.15, 0.2) is 18.5 Å². The topological polar surface area (TPSA) is 55.9 Å². The Hall–Kier alpha value is -1.62. The summed E-state index contributed by atoms with van der Waals surface area (Å²) in [6, 6.07) is 1.97. The van der Waals surface area contributed by atoms with Crippen molar-refractivity contribution in [3.8, 4) is 0 Å². The van der Waals surface area contributed by atoms with Gasteiger partial charge in [0.2, 0.25) is 0 Å². The Kier molecular flexibility index (Phi) is 3.81. The van der Waals surface area contributed by atoms with Crippen LogP contribution < -0.4 is 0 Å². The Labute approximate surface area is 107 Å². The number of hydrogen-bond acceptors (Lipinski definition) is 3. The highest BCUT2D eigenvalue weighted by Gasteiger charge is 2.15. The summed E-state index contributed by atoms with van der Waals surface area (Å²) in [6.07, 6.45) is 4.71. The molecule has 5 nitrogen and oxygen atoms in total. The number of hydrogen-bond donors (Lipinski definition) is 1. The average Bonchev–Trinajstić information content (AvgIpc) is 2.95. The maximum atomic E-state index is 10.2. The van der Waals surface area contributed by atoms with Crippen molar-refractivity contribution in [3.63, 3.8) is 0 Å². The van der Waals surface area contributed by atoms with E-state index in [2.05, 4.69) is 17.1 Å². The molecule has 5 heteroatoms. The largest absolute Gasteiger partial charge is 0.386 e. The number of nitrogens with zero attached hydrogens (tertiary/aromatic N) is 4. The fourth-order valence-electron chi connectivity index (χ4n) is 2.04. The fraction of sp³-hybridized carbons (Fsp3) is 0.538. The van der Waals surface area contributed by atoms with Crippen LogP contribution in [0.5, 0.6) is 0 Å². The van der Waals surface area contributed by atoms with Crippen molar-refractivity contribution in [2.45, 2.75) is 39.3 Å². The van der Waals surface area contributed by atoms with Crippen molar-refractivity contribution in [2.75, 3.05) is 0 Å². The normalized spacial score (nSPS) is 12.9. The number of aryl methyl sites for hydroxylation is 3. The van der Waals surface area contributed by atoms with E-state index in [0.717, 1.165) is 29.9 Å². The Morgan fingerprint density at radius 2 is 2.17 bits per heavy atom. The van der Waals surface area contributed by atoms with E-state index in [-0.39, 0.29) is 0 Å². The monoisotopic (exact) mass is 248 g/mol. The molecule has 0 saturated heterocycles. The lowest BCUT2D eigenvalue weighted by atomic mass is 10.1. The number of aromatic nitrogens is 4. The van der Waals surface area contributed by atoms with Gasteiger partial charge in [0.15, 0.2) is 0 Å². The summed E-state index contributed by atoms with van der Waals surface area (Å²) in [5, 5.41) is 18.8. The predicted octanol–water partition coefficient (Wildman–Crippen LogP) is 1.47. The van der Waals surface area contributed by atoms with Gasteiger partial charge in [-0.3, -0.25) is 9.36 Å². The highest BCUT2D eigenvalue weighted by atomic mass is 16.3. The van der Waals surface area contributed by atoms with Gasteiger partial charge in [0.25, 0.3) is 0 Å². The molecule has 1 atom stereocenters. The highest BCUT2D eigenvalue weighted by molar-refractivity contribution is 5.16. The van der Waals surface area contributed by atoms with Crippen molar-refractivity contribution in [2.24, 2.45) is 7.05 Å². The molecule has 1 N–H and O–H groups in total. The summed E-state index contributed by atoms with van der Waals surface area (Å²) in [6.45, 7) is 4.95. The lowest BCUT2D eigenvalue weighted by molar-refractivity contribution is 0.168. The molecule has 18 heavy (non-hydrogen) atoms. The van der Waals surface area contributed by atoms with Gasteiger partial charge in [-0.25, -0.2) is 0 Å². The molecule has 2 aromatic rings. The maximum absolute atomic E-state index is 10.2. The molecule has 0 saturated carbocycles. The smallest absolute Gasteiger partial charge is 0.0997 e. The van der Waals surface area contributed by atoms with Crippen molar-refractivity contribution in [1.29, 1.82) is 0 Å². The molecule has 0 spiro atoms. The van der Waals surface area contributed by atoms with E-state index in [1.807, 2.05) is 37.1 Å². The van der Waals surface area contributed by atoms with Crippen molar-refractivity contribution in [1.82, 2.24) is 19.6 Å². The molecule has 0 aliphatic heterocycles. The first kappa shape index (κ1) is 12.8. The zero-order valence-corrected chi connectivity index (χ0v) is 11.2. The quantitative estimate of drug-likeness (QED) is 0.872. The zero-order valence-electron chi connectivity index (χ0n) is 11.2. The molecule has 0 bridgehead atoms. The van der Waals surface area contributed by atoms with Crippen molar-refractivity contribution < 1.29 is 5.11 Å². The lowest BCUT2D eigenvalue weighted by Gasteiger charge is -2.09. The first-order valence-corrected chi connectivity index (χ1v) is 6.36. The van der Waals surface area contributed by atoms with Crippen LogP contribution in [0.3, 0.4) is 0 Å². The van der Waals surface area contributed by atoms with Gasteiger partial charge in [-0.15, -0.1) is 0 Å². The second kappa shape index (κ2) is 5.35. The molecular formula is C13H20N4O. The molecule has 2 rings (SSSR count). The Bertz CT molecular complexity index is 515. The van der Waals surface area contributed by atoms with Crippen LogP contribution in [-0.2, 0) is 26.4 Å². The predicted molar refractivity (Wildman–Crippen MR) is 69.2 cm³/mol. The molecule has 0 fully saturated rings. The average molecular weight is 248 g/mol. The van der Waals surface area contributed by atoms with Crippen LogP contribution in [0.2, 0.25) is 0 Å². The Morgan fingerprint density at radius 3 is 2.72 bits per heavy atom. The third-order valence-corrected chi connectivity index (χ3v) is 3.11. The third-order valence-electron chi connectivity index (χ3n) is 3.11. The molecular weight excluding hydrogens is 228 g/mol. The summed E-state index contributed by atoms with van der Waals surface area (Å²) in [7, 11) is 1.87. The molecule has 2 heterocycles. The van der Waals surface area contributed by atoms with Crippen LogP contribution >= 0.6 is 0 Å². The Balaban J connectivity index is 2.10. The van der Waals surface area contributed by atoms with Gasteiger partial charge in [-0.2, -0.15) is 10.2 Å². The second-order valence-electron chi connectivity index (χ2n) is 4.46. The second-order valence-corrected chi connectivity index (χ2v) is 4.46. The summed E-state index contributed by atoms with van der Waals surface area (Å²) in [5.74, 6) is 0. The molecule has 0 aliphatic carbocycles. The molecule has 0 amide bonds. The molecule has 1 unspecified atom stereocenters. The maximum Gasteiger partial charge on any atom is 0.0997 e. The first-order chi connectivity index (χ1) is 8.63. The summed E-state index contributed by atoms with van der Waals surface area (Å²) in [5.41, 5.74) is 2.91. The summed E-state index contributed by atoms with van der Waals surface area (Å²) >= 11 is 0. The van der Waals surface area contributed by atoms with Gasteiger partial charge in [0.1, 0.15) is 0 Å². The van der Waals surface area contributed by atoms with Crippen molar-refractivity contribution >= 4 is 0 Å². The lowest BCUT2D eigenvalue weighted by Crippen LogP contribution is -2.07. The van der Waals surface area contributed by atoms with Crippen LogP contribution in [0.1, 0.15) is 36.9 Å². The van der Waals surface area contributed by atoms with Crippen LogP contribution in [0, 0.1) is 0 Å². The molecule has 2 aromatic heterocycles. The number of rotatable bonds is 5. The third kappa shape index (κ3) is 2.61. The van der Waals surface area contributed by atoms with Gasteiger partial charge in [-0.05, 0) is 25.0 Å². The fourth-order valence-corrected chi connectivity index (χ4v) is 2.04. The van der Waals surface area contributed by atoms with Crippen LogP contribution in [0.25, 0.3) is 0 Å². The van der Waals surface area contributed by atoms with Gasteiger partial charge in [0, 0.05) is 26.2 Å². The number of aliphatic hydroxyl groups is 1. The minimum atomic E-state index is -0.530. The molecule has 98 valence electrons. The number of aliphatic hydroxyl groups excluding tert-OH is 1. The van der Waals surface area contributed by atoms with E-state index in [9.17, 15) is 5.11 Å². The van der Waals surface area contributed by atoms with Crippen molar-refractivity contribution in [3.05, 3.63) is 35.4 Å². The minimum Gasteiger partial charge on any atom is -0.386 e. The zero-order chi connectivity index (χ0) is 13.1. The molecule has 0 aromatic carbocycles. The van der Waals surface area contributed by atoms with E-state index in [4.69, 9.17) is 0 Å². The van der Waals surface area contributed by atoms with E-state index in [1.165, 1.54) is 0 Å². The van der Waals surface area contributed by atoms with E-state index in [0.29, 0.717) is 6.42 Å². The SMILES string of the molecule is CCc1cc(C(O)Cc2cnn(CC)c2)n(C)n1. The van der Waals surface area contributed by atoms with E-state index in [1.54, 1.807) is 4.68 Å². The van der Waals surface area contributed by atoms with Crippen LogP contribution in [-0.4, -0.2) is 24.7 Å². The molecule has 0 radical (unpaired) electrons. The summed E-state index contributed by atoms with van der Waals surface area (Å²) in [4.78, 5) is 0. The van der Waals surface area contributed by atoms with E-state index >= 15 is 0 Å².